The molecule has 2 rings (SSSR count). The monoisotopic (exact) mass is 336 g/mol. The van der Waals surface area contributed by atoms with Crippen molar-refractivity contribution < 1.29 is 4.92 Å². The fraction of sp³-hybridized carbons (Fsp3) is 0. The van der Waals surface area contributed by atoms with E-state index in [1.165, 1.54) is 24.5 Å². The predicted octanol–water partition coefficient (Wildman–Crippen LogP) is 4.41. The highest BCUT2D eigenvalue weighted by Crippen LogP contribution is 2.22. The van der Waals surface area contributed by atoms with Crippen LogP contribution in [0.2, 0.25) is 10.0 Å². The molecule has 1 aromatic heterocycles. The first kappa shape index (κ1) is 15.9. The molecular formula is C14H10Cl2N4O2. The van der Waals surface area contributed by atoms with Crippen LogP contribution < -0.4 is 5.43 Å². The van der Waals surface area contributed by atoms with E-state index in [2.05, 4.69) is 15.5 Å². The summed E-state index contributed by atoms with van der Waals surface area (Å²) in [7, 11) is 0. The van der Waals surface area contributed by atoms with E-state index in [9.17, 15) is 10.1 Å². The minimum Gasteiger partial charge on any atom is -0.260 e. The molecule has 8 heteroatoms. The number of allylic oxidation sites excluding steroid dienone is 1. The molecule has 0 aliphatic carbocycles. The summed E-state index contributed by atoms with van der Waals surface area (Å²) in [5.74, 6) is 0.362. The molecule has 1 aromatic carbocycles. The fourth-order valence-corrected chi connectivity index (χ4v) is 2.00. The van der Waals surface area contributed by atoms with Crippen molar-refractivity contribution >= 4 is 47.0 Å². The van der Waals surface area contributed by atoms with E-state index in [-0.39, 0.29) is 5.69 Å². The average molecular weight is 337 g/mol. The molecule has 22 heavy (non-hydrogen) atoms. The Balaban J connectivity index is 2.02. The van der Waals surface area contributed by atoms with Crippen LogP contribution in [0.1, 0.15) is 5.56 Å². The molecular weight excluding hydrogens is 327 g/mol. The summed E-state index contributed by atoms with van der Waals surface area (Å²) in [6.07, 6.45) is 6.02. The first-order valence-corrected chi connectivity index (χ1v) is 6.83. The summed E-state index contributed by atoms with van der Waals surface area (Å²) >= 11 is 11.6. The standard InChI is InChI=1S/C14H10Cl2N4O2/c15-11-8-12(16)14(17-9-11)19-18-7-3-5-10-4-1-2-6-13(10)20(21)22/h1-9H,(H,17,19). The molecule has 2 aromatic rings. The molecule has 0 aliphatic rings. The first-order valence-electron chi connectivity index (χ1n) is 6.08. The quantitative estimate of drug-likeness (QED) is 0.498. The van der Waals surface area contributed by atoms with E-state index in [1.54, 1.807) is 30.4 Å². The molecule has 0 radical (unpaired) electrons. The Bertz CT molecular complexity index is 747. The summed E-state index contributed by atoms with van der Waals surface area (Å²) < 4.78 is 0. The van der Waals surface area contributed by atoms with Crippen molar-refractivity contribution in [2.45, 2.75) is 0 Å². The maximum Gasteiger partial charge on any atom is 0.276 e. The molecule has 0 aliphatic heterocycles. The van der Waals surface area contributed by atoms with E-state index in [1.807, 2.05) is 0 Å². The first-order chi connectivity index (χ1) is 10.6. The minimum atomic E-state index is -0.438. The summed E-state index contributed by atoms with van der Waals surface area (Å²) in [5, 5.41) is 15.5. The normalized spacial score (nSPS) is 11.2. The van der Waals surface area contributed by atoms with Gasteiger partial charge in [0.2, 0.25) is 0 Å². The zero-order valence-corrected chi connectivity index (χ0v) is 12.6. The van der Waals surface area contributed by atoms with Gasteiger partial charge in [-0.25, -0.2) is 4.98 Å². The van der Waals surface area contributed by atoms with Crippen LogP contribution in [0, 0.1) is 10.1 Å². The van der Waals surface area contributed by atoms with Crippen molar-refractivity contribution in [1.82, 2.24) is 4.98 Å². The van der Waals surface area contributed by atoms with Crippen molar-refractivity contribution in [3.63, 3.8) is 0 Å². The number of nitrogens with one attached hydrogen (secondary N) is 1. The van der Waals surface area contributed by atoms with Gasteiger partial charge < -0.3 is 0 Å². The van der Waals surface area contributed by atoms with E-state index in [4.69, 9.17) is 23.2 Å². The number of hydrogen-bond donors (Lipinski definition) is 1. The molecule has 0 amide bonds. The number of aromatic nitrogens is 1. The van der Waals surface area contributed by atoms with E-state index >= 15 is 0 Å². The van der Waals surface area contributed by atoms with Crippen LogP contribution >= 0.6 is 23.2 Å². The lowest BCUT2D eigenvalue weighted by Crippen LogP contribution is -1.93. The molecule has 0 bridgehead atoms. The second kappa shape index (κ2) is 7.53. The van der Waals surface area contributed by atoms with Gasteiger partial charge in [-0.3, -0.25) is 15.5 Å². The Hall–Kier alpha value is -2.44. The summed E-state index contributed by atoms with van der Waals surface area (Å²) in [5.41, 5.74) is 3.16. The highest BCUT2D eigenvalue weighted by Gasteiger charge is 2.08. The van der Waals surface area contributed by atoms with Crippen molar-refractivity contribution in [1.29, 1.82) is 0 Å². The molecule has 0 unspecified atom stereocenters. The number of nitro groups is 1. The van der Waals surface area contributed by atoms with Gasteiger partial charge in [0.25, 0.3) is 5.69 Å². The molecule has 1 N–H and O–H groups in total. The number of para-hydroxylation sites is 1. The number of nitro benzene ring substituents is 1. The molecule has 6 nitrogen and oxygen atoms in total. The molecule has 0 spiro atoms. The SMILES string of the molecule is O=[N+]([O-])c1ccccc1C=CC=NNc1ncc(Cl)cc1Cl. The number of pyridine rings is 1. The number of hydrazone groups is 1. The van der Waals surface area contributed by atoms with Gasteiger partial charge in [-0.15, -0.1) is 0 Å². The van der Waals surface area contributed by atoms with Gasteiger partial charge in [0, 0.05) is 18.5 Å². The third kappa shape index (κ3) is 4.28. The maximum atomic E-state index is 10.9. The number of hydrogen-bond acceptors (Lipinski definition) is 5. The van der Waals surface area contributed by atoms with Crippen LogP contribution in [0.15, 0.2) is 47.7 Å². The minimum absolute atomic E-state index is 0.0301. The van der Waals surface area contributed by atoms with Gasteiger partial charge in [-0.1, -0.05) is 35.3 Å². The van der Waals surface area contributed by atoms with Crippen LogP contribution in [0.5, 0.6) is 0 Å². The topological polar surface area (TPSA) is 80.4 Å². The molecule has 0 saturated carbocycles. The second-order valence-corrected chi connectivity index (χ2v) is 4.89. The molecule has 112 valence electrons. The number of halogens is 2. The molecule has 0 saturated heterocycles. The van der Waals surface area contributed by atoms with Crippen molar-refractivity contribution in [3.8, 4) is 0 Å². The van der Waals surface area contributed by atoms with Crippen LogP contribution in [0.4, 0.5) is 11.5 Å². The fourth-order valence-electron chi connectivity index (χ4n) is 1.58. The van der Waals surface area contributed by atoms with Gasteiger partial charge in [-0.05, 0) is 24.3 Å². The highest BCUT2D eigenvalue weighted by molar-refractivity contribution is 6.35. The lowest BCUT2D eigenvalue weighted by Gasteiger charge is -2.01. The van der Waals surface area contributed by atoms with Crippen molar-refractivity contribution in [2.24, 2.45) is 5.10 Å². The largest absolute Gasteiger partial charge is 0.276 e. The lowest BCUT2D eigenvalue weighted by atomic mass is 10.2. The van der Waals surface area contributed by atoms with Crippen LogP contribution in [-0.2, 0) is 0 Å². The summed E-state index contributed by atoms with van der Waals surface area (Å²) in [6, 6.07) is 7.95. The Morgan fingerprint density at radius 1 is 1.32 bits per heavy atom. The number of anilines is 1. The van der Waals surface area contributed by atoms with Gasteiger partial charge >= 0.3 is 0 Å². The van der Waals surface area contributed by atoms with E-state index in [0.29, 0.717) is 21.4 Å². The maximum absolute atomic E-state index is 10.9. The zero-order valence-electron chi connectivity index (χ0n) is 11.1. The lowest BCUT2D eigenvalue weighted by molar-refractivity contribution is -0.385. The average Bonchev–Trinajstić information content (AvgIpc) is 2.49. The van der Waals surface area contributed by atoms with Crippen molar-refractivity contribution in [2.75, 3.05) is 5.43 Å². The molecule has 0 atom stereocenters. The predicted molar refractivity (Wildman–Crippen MR) is 88.5 cm³/mol. The number of nitrogens with zero attached hydrogens (tertiary/aromatic N) is 3. The Labute approximate surface area is 136 Å². The van der Waals surface area contributed by atoms with Gasteiger partial charge in [0.05, 0.1) is 20.5 Å². The van der Waals surface area contributed by atoms with Crippen molar-refractivity contribution in [3.05, 3.63) is 68.3 Å². The van der Waals surface area contributed by atoms with E-state index < -0.39 is 4.92 Å². The zero-order chi connectivity index (χ0) is 15.9. The molecule has 0 fully saturated rings. The number of rotatable bonds is 5. The Morgan fingerprint density at radius 3 is 2.82 bits per heavy atom. The van der Waals surface area contributed by atoms with E-state index in [0.717, 1.165) is 0 Å². The third-order valence-corrected chi connectivity index (χ3v) is 3.04. The summed E-state index contributed by atoms with van der Waals surface area (Å²) in [4.78, 5) is 14.4. The highest BCUT2D eigenvalue weighted by atomic mass is 35.5. The van der Waals surface area contributed by atoms with Crippen LogP contribution in [0.25, 0.3) is 6.08 Å². The van der Waals surface area contributed by atoms with Crippen LogP contribution in [-0.4, -0.2) is 16.1 Å². The summed E-state index contributed by atoms with van der Waals surface area (Å²) in [6.45, 7) is 0. The Kier molecular flexibility index (Phi) is 5.46. The van der Waals surface area contributed by atoms with Gasteiger partial charge in [0.1, 0.15) is 0 Å². The smallest absolute Gasteiger partial charge is 0.260 e. The Morgan fingerprint density at radius 2 is 2.09 bits per heavy atom. The van der Waals surface area contributed by atoms with Gasteiger partial charge in [0.15, 0.2) is 5.82 Å². The van der Waals surface area contributed by atoms with Crippen LogP contribution in [0.3, 0.4) is 0 Å². The third-order valence-electron chi connectivity index (χ3n) is 2.55. The number of benzene rings is 1. The van der Waals surface area contributed by atoms with Gasteiger partial charge in [-0.2, -0.15) is 5.10 Å². The molecule has 1 heterocycles. The second-order valence-electron chi connectivity index (χ2n) is 4.05.